The number of aromatic nitrogens is 2. The normalized spacial score (nSPS) is 15.9. The maximum absolute atomic E-state index is 11.2. The lowest BCUT2D eigenvalue weighted by atomic mass is 10.3. The van der Waals surface area contributed by atoms with E-state index in [0.29, 0.717) is 0 Å². The van der Waals surface area contributed by atoms with Gasteiger partial charge in [0.2, 0.25) is 5.91 Å². The van der Waals surface area contributed by atoms with Crippen LogP contribution < -0.4 is 5.32 Å². The Kier molecular flexibility index (Phi) is 2.10. The minimum atomic E-state index is -0.362. The predicted molar refractivity (Wildman–Crippen MR) is 46.0 cm³/mol. The molecule has 0 spiro atoms. The van der Waals surface area contributed by atoms with Gasteiger partial charge in [-0.05, 0) is 0 Å². The molecule has 3 amide bonds. The summed E-state index contributed by atoms with van der Waals surface area (Å²) in [7, 11) is 0. The van der Waals surface area contributed by atoms with Crippen molar-refractivity contribution in [3.8, 4) is 0 Å². The number of hydrogen-bond donors (Lipinski definition) is 1. The summed E-state index contributed by atoms with van der Waals surface area (Å²) in [5.74, 6) is -0.223. The van der Waals surface area contributed by atoms with Crippen LogP contribution in [0, 0.1) is 0 Å². The van der Waals surface area contributed by atoms with Crippen molar-refractivity contribution in [3.63, 3.8) is 0 Å². The predicted octanol–water partition coefficient (Wildman–Crippen LogP) is -0.472. The zero-order valence-corrected chi connectivity index (χ0v) is 7.30. The molecule has 2 rings (SSSR count). The average molecular weight is 192 g/mol. The first-order valence-electron chi connectivity index (χ1n) is 4.09. The summed E-state index contributed by atoms with van der Waals surface area (Å²) in [6.07, 6.45) is 4.55. The van der Waals surface area contributed by atoms with Crippen molar-refractivity contribution in [1.82, 2.24) is 20.2 Å². The molecule has 1 aliphatic heterocycles. The van der Waals surface area contributed by atoms with Crippen LogP contribution in [0.2, 0.25) is 0 Å². The van der Waals surface area contributed by atoms with Gasteiger partial charge in [0, 0.05) is 18.0 Å². The lowest BCUT2D eigenvalue weighted by molar-refractivity contribution is -0.125. The van der Waals surface area contributed by atoms with Gasteiger partial charge in [-0.1, -0.05) is 0 Å². The van der Waals surface area contributed by atoms with Gasteiger partial charge in [-0.3, -0.25) is 9.69 Å². The van der Waals surface area contributed by atoms with Gasteiger partial charge in [0.05, 0.1) is 13.1 Å². The molecule has 1 aliphatic rings. The summed E-state index contributed by atoms with van der Waals surface area (Å²) in [6, 6.07) is -0.362. The molecule has 6 heteroatoms. The molecule has 0 radical (unpaired) electrons. The highest BCUT2D eigenvalue weighted by molar-refractivity contribution is 6.01. The van der Waals surface area contributed by atoms with E-state index < -0.39 is 0 Å². The van der Waals surface area contributed by atoms with Gasteiger partial charge in [0.25, 0.3) is 0 Å². The molecule has 2 heterocycles. The molecule has 14 heavy (non-hydrogen) atoms. The van der Waals surface area contributed by atoms with Crippen LogP contribution in [0.15, 0.2) is 18.7 Å². The molecule has 0 unspecified atom stereocenters. The number of nitrogens with zero attached hydrogens (tertiary/aromatic N) is 3. The van der Waals surface area contributed by atoms with E-state index in [2.05, 4.69) is 15.3 Å². The zero-order chi connectivity index (χ0) is 9.97. The Morgan fingerprint density at radius 3 is 2.64 bits per heavy atom. The Bertz CT molecular complexity index is 349. The third-order valence-electron chi connectivity index (χ3n) is 1.89. The van der Waals surface area contributed by atoms with Crippen molar-refractivity contribution in [2.75, 3.05) is 6.54 Å². The van der Waals surface area contributed by atoms with Gasteiger partial charge >= 0.3 is 6.03 Å². The minimum absolute atomic E-state index is 0.0759. The smallest absolute Gasteiger partial charge is 0.324 e. The van der Waals surface area contributed by atoms with E-state index >= 15 is 0 Å². The summed E-state index contributed by atoms with van der Waals surface area (Å²) >= 11 is 0. The van der Waals surface area contributed by atoms with Crippen LogP contribution in [-0.2, 0) is 11.3 Å². The summed E-state index contributed by atoms with van der Waals surface area (Å²) in [4.78, 5) is 31.1. The summed E-state index contributed by atoms with van der Waals surface area (Å²) in [5, 5.41) is 2.44. The highest BCUT2D eigenvalue weighted by Gasteiger charge is 2.28. The summed E-state index contributed by atoms with van der Waals surface area (Å²) in [5.41, 5.74) is 0.734. The van der Waals surface area contributed by atoms with Gasteiger partial charge in [0.15, 0.2) is 0 Å². The fourth-order valence-electron chi connectivity index (χ4n) is 1.21. The topological polar surface area (TPSA) is 75.2 Å². The SMILES string of the molecule is O=C1CNC(=O)N1Cc1cncnc1. The van der Waals surface area contributed by atoms with E-state index in [1.807, 2.05) is 0 Å². The number of nitrogens with one attached hydrogen (secondary N) is 1. The summed E-state index contributed by atoms with van der Waals surface area (Å²) in [6.45, 7) is 0.304. The van der Waals surface area contributed by atoms with Gasteiger partial charge in [-0.25, -0.2) is 14.8 Å². The second kappa shape index (κ2) is 3.41. The van der Waals surface area contributed by atoms with Crippen molar-refractivity contribution < 1.29 is 9.59 Å². The first-order valence-corrected chi connectivity index (χ1v) is 4.09. The Balaban J connectivity index is 2.11. The lowest BCUT2D eigenvalue weighted by Gasteiger charge is -2.10. The molecule has 0 saturated carbocycles. The average Bonchev–Trinajstić information content (AvgIpc) is 2.51. The van der Waals surface area contributed by atoms with Crippen molar-refractivity contribution in [3.05, 3.63) is 24.3 Å². The van der Waals surface area contributed by atoms with Gasteiger partial charge in [0.1, 0.15) is 6.33 Å². The fraction of sp³-hybridized carbons (Fsp3) is 0.250. The van der Waals surface area contributed by atoms with E-state index in [4.69, 9.17) is 0 Å². The standard InChI is InChI=1S/C8H8N4O2/c13-7-3-11-8(14)12(7)4-6-1-9-5-10-2-6/h1-2,5H,3-4H2,(H,11,14). The summed E-state index contributed by atoms with van der Waals surface area (Å²) < 4.78 is 0. The number of carbonyl (C=O) groups excluding carboxylic acids is 2. The third kappa shape index (κ3) is 1.54. The minimum Gasteiger partial charge on any atom is -0.329 e. The van der Waals surface area contributed by atoms with Gasteiger partial charge in [-0.2, -0.15) is 0 Å². The van der Waals surface area contributed by atoms with E-state index in [9.17, 15) is 9.59 Å². The van der Waals surface area contributed by atoms with Crippen LogP contribution in [0.1, 0.15) is 5.56 Å². The molecule has 6 nitrogen and oxygen atoms in total. The molecular formula is C8H8N4O2. The molecule has 1 fully saturated rings. The first-order chi connectivity index (χ1) is 6.77. The Morgan fingerprint density at radius 2 is 2.07 bits per heavy atom. The Hall–Kier alpha value is -1.98. The molecule has 0 aromatic carbocycles. The number of urea groups is 1. The number of carbonyl (C=O) groups is 2. The molecule has 0 bridgehead atoms. The highest BCUT2D eigenvalue weighted by atomic mass is 16.2. The van der Waals surface area contributed by atoms with Crippen LogP contribution in [0.25, 0.3) is 0 Å². The molecule has 1 aromatic heterocycles. The van der Waals surface area contributed by atoms with Gasteiger partial charge in [-0.15, -0.1) is 0 Å². The zero-order valence-electron chi connectivity index (χ0n) is 7.30. The van der Waals surface area contributed by atoms with Crippen molar-refractivity contribution in [1.29, 1.82) is 0 Å². The maximum atomic E-state index is 11.2. The number of imide groups is 1. The van der Waals surface area contributed by atoms with Crippen LogP contribution in [-0.4, -0.2) is 33.4 Å². The van der Waals surface area contributed by atoms with Crippen LogP contribution >= 0.6 is 0 Å². The second-order valence-corrected chi connectivity index (χ2v) is 2.89. The lowest BCUT2D eigenvalue weighted by Crippen LogP contribution is -2.30. The molecule has 1 saturated heterocycles. The molecule has 1 N–H and O–H groups in total. The second-order valence-electron chi connectivity index (χ2n) is 2.89. The monoisotopic (exact) mass is 192 g/mol. The molecule has 0 aliphatic carbocycles. The number of rotatable bonds is 2. The number of amides is 3. The molecule has 72 valence electrons. The van der Waals surface area contributed by atoms with Crippen molar-refractivity contribution >= 4 is 11.9 Å². The number of hydrogen-bond acceptors (Lipinski definition) is 4. The Morgan fingerprint density at radius 1 is 1.36 bits per heavy atom. The van der Waals surface area contributed by atoms with Crippen molar-refractivity contribution in [2.45, 2.75) is 6.54 Å². The van der Waals surface area contributed by atoms with E-state index in [-0.39, 0.29) is 25.0 Å². The van der Waals surface area contributed by atoms with E-state index in [1.54, 1.807) is 12.4 Å². The van der Waals surface area contributed by atoms with Gasteiger partial charge < -0.3 is 5.32 Å². The molecular weight excluding hydrogens is 184 g/mol. The Labute approximate surface area is 80.0 Å². The highest BCUT2D eigenvalue weighted by Crippen LogP contribution is 2.05. The van der Waals surface area contributed by atoms with Crippen LogP contribution in [0.3, 0.4) is 0 Å². The third-order valence-corrected chi connectivity index (χ3v) is 1.89. The fourth-order valence-corrected chi connectivity index (χ4v) is 1.21. The maximum Gasteiger partial charge on any atom is 0.324 e. The molecule has 1 aromatic rings. The quantitative estimate of drug-likeness (QED) is 0.642. The van der Waals surface area contributed by atoms with Crippen molar-refractivity contribution in [2.24, 2.45) is 0 Å². The first kappa shape index (κ1) is 8.61. The van der Waals surface area contributed by atoms with E-state index in [1.165, 1.54) is 6.33 Å². The van der Waals surface area contributed by atoms with E-state index in [0.717, 1.165) is 10.5 Å². The molecule has 0 atom stereocenters. The van der Waals surface area contributed by atoms with Crippen LogP contribution in [0.5, 0.6) is 0 Å². The van der Waals surface area contributed by atoms with Crippen LogP contribution in [0.4, 0.5) is 4.79 Å². The largest absolute Gasteiger partial charge is 0.329 e.